The zero-order chi connectivity index (χ0) is 11.7. The Morgan fingerprint density at radius 2 is 1.94 bits per heavy atom. The molecule has 2 aromatic rings. The Morgan fingerprint density at radius 3 is 2.56 bits per heavy atom. The summed E-state index contributed by atoms with van der Waals surface area (Å²) in [5, 5.41) is 4.62. The summed E-state index contributed by atoms with van der Waals surface area (Å²) in [6.45, 7) is 6.68. The van der Waals surface area contributed by atoms with E-state index in [9.17, 15) is 0 Å². The summed E-state index contributed by atoms with van der Waals surface area (Å²) in [6, 6.07) is 0. The van der Waals surface area contributed by atoms with E-state index >= 15 is 0 Å². The summed E-state index contributed by atoms with van der Waals surface area (Å²) in [6.07, 6.45) is 3.68. The van der Waals surface area contributed by atoms with Gasteiger partial charge < -0.3 is 0 Å². The molecule has 0 saturated carbocycles. The highest BCUT2D eigenvalue weighted by atomic mass is 35.5. The van der Waals surface area contributed by atoms with Crippen molar-refractivity contribution in [1.82, 2.24) is 19.7 Å². The highest BCUT2D eigenvalue weighted by Gasteiger charge is 2.10. The first kappa shape index (κ1) is 11.1. The van der Waals surface area contributed by atoms with Gasteiger partial charge in [-0.25, -0.2) is 9.97 Å². The smallest absolute Gasteiger partial charge is 0.155 e. The summed E-state index contributed by atoms with van der Waals surface area (Å²) in [4.78, 5) is 8.69. The first-order valence-electron chi connectivity index (χ1n) is 5.15. The van der Waals surface area contributed by atoms with Crippen LogP contribution in [0.3, 0.4) is 0 Å². The Morgan fingerprint density at radius 1 is 1.25 bits per heavy atom. The Kier molecular flexibility index (Phi) is 2.92. The molecule has 0 radical (unpaired) electrons. The molecule has 4 nitrogen and oxygen atoms in total. The molecule has 0 aromatic carbocycles. The first-order chi connectivity index (χ1) is 7.61. The van der Waals surface area contributed by atoms with Crippen LogP contribution in [0.25, 0.3) is 11.3 Å². The summed E-state index contributed by atoms with van der Waals surface area (Å²) >= 11 is 6.08. The highest BCUT2D eigenvalue weighted by molar-refractivity contribution is 6.31. The zero-order valence-electron chi connectivity index (χ0n) is 9.53. The van der Waals surface area contributed by atoms with Crippen molar-refractivity contribution in [3.8, 4) is 11.3 Å². The molecule has 0 N–H and O–H groups in total. The normalized spacial score (nSPS) is 10.8. The van der Waals surface area contributed by atoms with E-state index in [-0.39, 0.29) is 0 Å². The monoisotopic (exact) mass is 236 g/mol. The highest BCUT2D eigenvalue weighted by Crippen LogP contribution is 2.24. The summed E-state index contributed by atoms with van der Waals surface area (Å²) in [5.41, 5.74) is 3.35. The van der Waals surface area contributed by atoms with Crippen molar-refractivity contribution in [2.45, 2.75) is 27.3 Å². The number of aromatic nitrogens is 4. The molecule has 2 rings (SSSR count). The minimum atomic E-state index is 0.429. The zero-order valence-corrected chi connectivity index (χ0v) is 10.3. The molecule has 0 amide bonds. The Bertz CT molecular complexity index is 519. The van der Waals surface area contributed by atoms with Gasteiger partial charge in [-0.3, -0.25) is 4.68 Å². The van der Waals surface area contributed by atoms with Crippen LogP contribution in [0.4, 0.5) is 0 Å². The van der Waals surface area contributed by atoms with Gasteiger partial charge in [0.25, 0.3) is 0 Å². The average molecular weight is 237 g/mol. The molecule has 0 saturated heterocycles. The van der Waals surface area contributed by atoms with E-state index in [0.717, 1.165) is 23.5 Å². The fraction of sp³-hybridized carbons (Fsp3) is 0.364. The predicted molar refractivity (Wildman–Crippen MR) is 63.4 cm³/mol. The first-order valence-corrected chi connectivity index (χ1v) is 5.53. The second-order valence-corrected chi connectivity index (χ2v) is 3.98. The van der Waals surface area contributed by atoms with Crippen LogP contribution in [-0.4, -0.2) is 19.7 Å². The topological polar surface area (TPSA) is 43.6 Å². The van der Waals surface area contributed by atoms with Gasteiger partial charge in [0.15, 0.2) is 5.15 Å². The number of rotatable bonds is 2. The average Bonchev–Trinajstić information content (AvgIpc) is 2.71. The summed E-state index contributed by atoms with van der Waals surface area (Å²) in [5.74, 6) is 0. The van der Waals surface area contributed by atoms with Crippen molar-refractivity contribution in [2.24, 2.45) is 0 Å². The number of aryl methyl sites for hydroxylation is 3. The van der Waals surface area contributed by atoms with E-state index in [0.29, 0.717) is 10.8 Å². The SMILES string of the molecule is CCn1cc(-c2nc(C)c(C)nc2Cl)cn1. The lowest BCUT2D eigenvalue weighted by atomic mass is 10.2. The van der Waals surface area contributed by atoms with E-state index in [4.69, 9.17) is 11.6 Å². The van der Waals surface area contributed by atoms with Gasteiger partial charge in [-0.2, -0.15) is 5.10 Å². The fourth-order valence-electron chi connectivity index (χ4n) is 1.42. The molecule has 0 aliphatic rings. The number of nitrogens with zero attached hydrogens (tertiary/aromatic N) is 4. The van der Waals surface area contributed by atoms with Crippen LogP contribution >= 0.6 is 11.6 Å². The number of halogens is 1. The molecule has 0 spiro atoms. The minimum Gasteiger partial charge on any atom is -0.272 e. The van der Waals surface area contributed by atoms with E-state index in [2.05, 4.69) is 15.1 Å². The van der Waals surface area contributed by atoms with Crippen LogP contribution in [0.1, 0.15) is 18.3 Å². The maximum atomic E-state index is 6.08. The van der Waals surface area contributed by atoms with Crippen LogP contribution in [0.2, 0.25) is 5.15 Å². The second-order valence-electron chi connectivity index (χ2n) is 3.62. The molecule has 84 valence electrons. The molecule has 0 unspecified atom stereocenters. The van der Waals surface area contributed by atoms with Gasteiger partial charge in [0.1, 0.15) is 5.69 Å². The number of hydrogen-bond donors (Lipinski definition) is 0. The van der Waals surface area contributed by atoms with E-state index in [1.165, 1.54) is 0 Å². The number of hydrogen-bond acceptors (Lipinski definition) is 3. The third-order valence-corrected chi connectivity index (χ3v) is 2.76. The van der Waals surface area contributed by atoms with Gasteiger partial charge in [-0.05, 0) is 20.8 Å². The van der Waals surface area contributed by atoms with Gasteiger partial charge in [0.2, 0.25) is 0 Å². The summed E-state index contributed by atoms with van der Waals surface area (Å²) < 4.78 is 1.84. The van der Waals surface area contributed by atoms with Gasteiger partial charge in [0.05, 0.1) is 17.6 Å². The lowest BCUT2D eigenvalue weighted by Crippen LogP contribution is -1.96. The second kappa shape index (κ2) is 4.22. The van der Waals surface area contributed by atoms with Crippen molar-refractivity contribution in [1.29, 1.82) is 0 Å². The van der Waals surface area contributed by atoms with Crippen molar-refractivity contribution in [3.05, 3.63) is 28.9 Å². The van der Waals surface area contributed by atoms with Crippen LogP contribution in [0.15, 0.2) is 12.4 Å². The molecule has 0 bridgehead atoms. The standard InChI is InChI=1S/C11H13ClN4/c1-4-16-6-9(5-13-16)10-11(12)15-8(3)7(2)14-10/h5-6H,4H2,1-3H3. The van der Waals surface area contributed by atoms with Crippen molar-refractivity contribution in [3.63, 3.8) is 0 Å². The maximum Gasteiger partial charge on any atom is 0.155 e. The predicted octanol–water partition coefficient (Wildman–Crippen LogP) is 2.63. The third kappa shape index (κ3) is 1.93. The molecule has 0 aliphatic heterocycles. The largest absolute Gasteiger partial charge is 0.272 e. The van der Waals surface area contributed by atoms with Crippen LogP contribution in [-0.2, 0) is 6.54 Å². The Hall–Kier alpha value is -1.42. The Labute approximate surface area is 99.3 Å². The van der Waals surface area contributed by atoms with E-state index in [1.807, 2.05) is 31.6 Å². The minimum absolute atomic E-state index is 0.429. The van der Waals surface area contributed by atoms with E-state index in [1.54, 1.807) is 6.20 Å². The molecule has 0 fully saturated rings. The van der Waals surface area contributed by atoms with E-state index < -0.39 is 0 Å². The maximum absolute atomic E-state index is 6.08. The molecule has 2 heterocycles. The molecule has 2 aromatic heterocycles. The van der Waals surface area contributed by atoms with Gasteiger partial charge >= 0.3 is 0 Å². The molecular formula is C11H13ClN4. The molecule has 0 atom stereocenters. The quantitative estimate of drug-likeness (QED) is 0.805. The van der Waals surface area contributed by atoms with Crippen LogP contribution in [0.5, 0.6) is 0 Å². The molecule has 5 heteroatoms. The van der Waals surface area contributed by atoms with Crippen LogP contribution < -0.4 is 0 Å². The van der Waals surface area contributed by atoms with Gasteiger partial charge in [0, 0.05) is 18.3 Å². The lowest BCUT2D eigenvalue weighted by Gasteiger charge is -2.04. The van der Waals surface area contributed by atoms with Crippen molar-refractivity contribution >= 4 is 11.6 Å². The third-order valence-electron chi connectivity index (χ3n) is 2.50. The summed E-state index contributed by atoms with van der Waals surface area (Å²) in [7, 11) is 0. The lowest BCUT2D eigenvalue weighted by molar-refractivity contribution is 0.660. The van der Waals surface area contributed by atoms with Gasteiger partial charge in [-0.1, -0.05) is 11.6 Å². The molecule has 0 aliphatic carbocycles. The van der Waals surface area contributed by atoms with Crippen molar-refractivity contribution in [2.75, 3.05) is 0 Å². The van der Waals surface area contributed by atoms with Crippen molar-refractivity contribution < 1.29 is 0 Å². The fourth-order valence-corrected chi connectivity index (χ4v) is 1.70. The van der Waals surface area contributed by atoms with Crippen LogP contribution in [0, 0.1) is 13.8 Å². The molecular weight excluding hydrogens is 224 g/mol. The van der Waals surface area contributed by atoms with Gasteiger partial charge in [-0.15, -0.1) is 0 Å². The molecule has 16 heavy (non-hydrogen) atoms. The Balaban J connectivity index is 2.51.